The lowest BCUT2D eigenvalue weighted by atomic mass is 9.96. The molecule has 0 bridgehead atoms. The van der Waals surface area contributed by atoms with Gasteiger partial charge >= 0.3 is 5.97 Å². The van der Waals surface area contributed by atoms with Crippen LogP contribution in [0.25, 0.3) is 0 Å². The van der Waals surface area contributed by atoms with E-state index in [0.717, 1.165) is 12.0 Å². The largest absolute Gasteiger partial charge is 0.448 e. The SMILES string of the molecule is CC[C@H](CNC(=O)[C@H](C)OC(=O)C1=NNC(=O)CC1)c1ccccc1. The Morgan fingerprint density at radius 2 is 2.00 bits per heavy atom. The van der Waals surface area contributed by atoms with Crippen LogP contribution in [-0.2, 0) is 19.1 Å². The van der Waals surface area contributed by atoms with Crippen molar-refractivity contribution >= 4 is 23.5 Å². The molecule has 2 amide bonds. The fourth-order valence-electron chi connectivity index (χ4n) is 2.49. The minimum atomic E-state index is -0.930. The molecule has 2 atom stereocenters. The molecule has 0 fully saturated rings. The van der Waals surface area contributed by atoms with Gasteiger partial charge in [0.15, 0.2) is 6.10 Å². The van der Waals surface area contributed by atoms with Crippen molar-refractivity contribution in [2.24, 2.45) is 5.10 Å². The summed E-state index contributed by atoms with van der Waals surface area (Å²) in [6.45, 7) is 4.04. The molecule has 1 aromatic rings. The van der Waals surface area contributed by atoms with Crippen LogP contribution < -0.4 is 10.7 Å². The molecule has 0 aromatic heterocycles. The van der Waals surface area contributed by atoms with Gasteiger partial charge in [0.25, 0.3) is 5.91 Å². The summed E-state index contributed by atoms with van der Waals surface area (Å²) < 4.78 is 5.13. The number of esters is 1. The molecule has 1 aromatic carbocycles. The van der Waals surface area contributed by atoms with E-state index in [9.17, 15) is 14.4 Å². The zero-order valence-corrected chi connectivity index (χ0v) is 14.5. The van der Waals surface area contributed by atoms with Gasteiger partial charge in [-0.1, -0.05) is 37.3 Å². The van der Waals surface area contributed by atoms with Gasteiger partial charge in [-0.3, -0.25) is 9.59 Å². The Bertz CT molecular complexity index is 658. The number of hydrogen-bond acceptors (Lipinski definition) is 5. The van der Waals surface area contributed by atoms with Crippen molar-refractivity contribution in [1.82, 2.24) is 10.7 Å². The maximum atomic E-state index is 12.2. The molecule has 7 heteroatoms. The zero-order valence-electron chi connectivity index (χ0n) is 14.5. The Labute approximate surface area is 146 Å². The fraction of sp³-hybridized carbons (Fsp3) is 0.444. The molecular formula is C18H23N3O4. The monoisotopic (exact) mass is 345 g/mol. The smallest absolute Gasteiger partial charge is 0.355 e. The van der Waals surface area contributed by atoms with Crippen molar-refractivity contribution in [2.75, 3.05) is 6.54 Å². The van der Waals surface area contributed by atoms with Crippen molar-refractivity contribution in [3.8, 4) is 0 Å². The van der Waals surface area contributed by atoms with Crippen LogP contribution in [0, 0.1) is 0 Å². The molecule has 134 valence electrons. The van der Waals surface area contributed by atoms with E-state index < -0.39 is 12.1 Å². The van der Waals surface area contributed by atoms with Gasteiger partial charge in [-0.15, -0.1) is 0 Å². The Morgan fingerprint density at radius 1 is 1.28 bits per heavy atom. The number of amides is 2. The van der Waals surface area contributed by atoms with Gasteiger partial charge in [0.05, 0.1) is 0 Å². The van der Waals surface area contributed by atoms with Crippen molar-refractivity contribution in [1.29, 1.82) is 0 Å². The summed E-state index contributed by atoms with van der Waals surface area (Å²) in [4.78, 5) is 35.1. The number of carbonyl (C=O) groups is 3. The number of rotatable bonds is 7. The third kappa shape index (κ3) is 5.41. The predicted octanol–water partition coefficient (Wildman–Crippen LogP) is 1.49. The van der Waals surface area contributed by atoms with Crippen molar-refractivity contribution in [3.05, 3.63) is 35.9 Å². The van der Waals surface area contributed by atoms with E-state index in [-0.39, 0.29) is 36.3 Å². The molecule has 25 heavy (non-hydrogen) atoms. The summed E-state index contributed by atoms with van der Waals surface area (Å²) >= 11 is 0. The highest BCUT2D eigenvalue weighted by atomic mass is 16.5. The number of carbonyl (C=O) groups excluding carboxylic acids is 3. The van der Waals surface area contributed by atoms with E-state index in [1.165, 1.54) is 6.92 Å². The van der Waals surface area contributed by atoms with E-state index >= 15 is 0 Å². The van der Waals surface area contributed by atoms with Crippen LogP contribution in [0.1, 0.15) is 44.6 Å². The molecule has 0 spiro atoms. The first-order valence-electron chi connectivity index (χ1n) is 8.40. The van der Waals surface area contributed by atoms with Crippen molar-refractivity contribution < 1.29 is 19.1 Å². The zero-order chi connectivity index (χ0) is 18.2. The third-order valence-electron chi connectivity index (χ3n) is 4.08. The maximum absolute atomic E-state index is 12.2. The predicted molar refractivity (Wildman–Crippen MR) is 92.8 cm³/mol. The highest BCUT2D eigenvalue weighted by Gasteiger charge is 2.24. The standard InChI is InChI=1S/C18H23N3O4/c1-3-13(14-7-5-4-6-8-14)11-19-17(23)12(2)25-18(24)15-9-10-16(22)21-20-15/h4-8,12-13H,3,9-11H2,1-2H3,(H,19,23)(H,21,22)/t12-,13+/m0/s1. The van der Waals surface area contributed by atoms with Crippen LogP contribution in [0.3, 0.4) is 0 Å². The number of hydrogen-bond donors (Lipinski definition) is 2. The van der Waals surface area contributed by atoms with Crippen LogP contribution in [0.4, 0.5) is 0 Å². The second kappa shape index (κ2) is 8.96. The molecule has 7 nitrogen and oxygen atoms in total. The first kappa shape index (κ1) is 18.6. The minimum Gasteiger partial charge on any atom is -0.448 e. The average molecular weight is 345 g/mol. The summed E-state index contributed by atoms with van der Waals surface area (Å²) in [6, 6.07) is 9.94. The van der Waals surface area contributed by atoms with Gasteiger partial charge in [0, 0.05) is 25.3 Å². The first-order valence-corrected chi connectivity index (χ1v) is 8.40. The molecule has 1 aliphatic rings. The van der Waals surface area contributed by atoms with Crippen molar-refractivity contribution in [3.63, 3.8) is 0 Å². The van der Waals surface area contributed by atoms with Gasteiger partial charge in [-0.05, 0) is 18.9 Å². The van der Waals surface area contributed by atoms with Crippen LogP contribution in [0.2, 0.25) is 0 Å². The highest BCUT2D eigenvalue weighted by molar-refractivity contribution is 6.37. The van der Waals surface area contributed by atoms with Crippen molar-refractivity contribution in [2.45, 2.75) is 45.1 Å². The summed E-state index contributed by atoms with van der Waals surface area (Å²) in [6.07, 6.45) is 0.352. The lowest BCUT2D eigenvalue weighted by molar-refractivity contribution is -0.148. The normalized spacial score (nSPS) is 16.2. The molecular weight excluding hydrogens is 322 g/mol. The van der Waals surface area contributed by atoms with Crippen LogP contribution in [-0.4, -0.2) is 36.1 Å². The number of ether oxygens (including phenoxy) is 1. The Balaban J connectivity index is 1.83. The molecule has 0 unspecified atom stereocenters. The number of nitrogens with one attached hydrogen (secondary N) is 2. The van der Waals surface area contributed by atoms with Crippen LogP contribution >= 0.6 is 0 Å². The van der Waals surface area contributed by atoms with E-state index in [4.69, 9.17) is 4.74 Å². The Morgan fingerprint density at radius 3 is 2.60 bits per heavy atom. The second-order valence-corrected chi connectivity index (χ2v) is 5.90. The summed E-state index contributed by atoms with van der Waals surface area (Å²) in [5.41, 5.74) is 3.50. The molecule has 1 aliphatic heterocycles. The van der Waals surface area contributed by atoms with Gasteiger partial charge in [-0.2, -0.15) is 5.10 Å². The van der Waals surface area contributed by atoms with Crippen LogP contribution in [0.5, 0.6) is 0 Å². The van der Waals surface area contributed by atoms with Crippen LogP contribution in [0.15, 0.2) is 35.4 Å². The van der Waals surface area contributed by atoms with Gasteiger partial charge in [-0.25, -0.2) is 10.2 Å². The molecule has 0 radical (unpaired) electrons. The van der Waals surface area contributed by atoms with E-state index in [1.807, 2.05) is 30.3 Å². The second-order valence-electron chi connectivity index (χ2n) is 5.90. The number of nitrogens with zero attached hydrogens (tertiary/aromatic N) is 1. The Hall–Kier alpha value is -2.70. The van der Waals surface area contributed by atoms with Gasteiger partial charge < -0.3 is 10.1 Å². The first-order chi connectivity index (χ1) is 12.0. The quantitative estimate of drug-likeness (QED) is 0.732. The molecule has 0 saturated carbocycles. The molecule has 1 heterocycles. The van der Waals surface area contributed by atoms with Gasteiger partial charge in [0.2, 0.25) is 5.91 Å². The van der Waals surface area contributed by atoms with E-state index in [1.54, 1.807) is 0 Å². The summed E-state index contributed by atoms with van der Waals surface area (Å²) in [5, 5.41) is 6.48. The number of benzene rings is 1. The maximum Gasteiger partial charge on any atom is 0.355 e. The highest BCUT2D eigenvalue weighted by Crippen LogP contribution is 2.18. The summed E-state index contributed by atoms with van der Waals surface area (Å²) in [7, 11) is 0. The molecule has 0 saturated heterocycles. The average Bonchev–Trinajstić information content (AvgIpc) is 2.63. The summed E-state index contributed by atoms with van der Waals surface area (Å²) in [5.74, 6) is -1.08. The fourth-order valence-corrected chi connectivity index (χ4v) is 2.49. The lowest BCUT2D eigenvalue weighted by Crippen LogP contribution is -2.40. The molecule has 2 rings (SSSR count). The molecule has 2 N–H and O–H groups in total. The molecule has 0 aliphatic carbocycles. The number of hydrazone groups is 1. The van der Waals surface area contributed by atoms with E-state index in [0.29, 0.717) is 6.54 Å². The minimum absolute atomic E-state index is 0.120. The lowest BCUT2D eigenvalue weighted by Gasteiger charge is -2.19. The van der Waals surface area contributed by atoms with Gasteiger partial charge in [0.1, 0.15) is 5.71 Å². The van der Waals surface area contributed by atoms with E-state index in [2.05, 4.69) is 22.8 Å². The topological polar surface area (TPSA) is 96.9 Å². The third-order valence-corrected chi connectivity index (χ3v) is 4.08. The Kier molecular flexibility index (Phi) is 6.68.